The van der Waals surface area contributed by atoms with Crippen LogP contribution in [0.1, 0.15) is 105 Å². The van der Waals surface area contributed by atoms with Crippen molar-refractivity contribution in [3.63, 3.8) is 0 Å². The summed E-state index contributed by atoms with van der Waals surface area (Å²) in [5, 5.41) is 10.5. The van der Waals surface area contributed by atoms with E-state index in [-0.39, 0.29) is 0 Å². The van der Waals surface area contributed by atoms with Crippen LogP contribution in [-0.2, 0) is 0 Å². The van der Waals surface area contributed by atoms with Gasteiger partial charge in [-0.1, -0.05) is 76.8 Å². The number of rotatable bonds is 6. The van der Waals surface area contributed by atoms with Gasteiger partial charge < -0.3 is 5.11 Å². The lowest BCUT2D eigenvalue weighted by Crippen LogP contribution is -2.36. The number of allylic oxidation sites excluding steroid dienone is 4. The van der Waals surface area contributed by atoms with Crippen LogP contribution in [0.25, 0.3) is 0 Å². The van der Waals surface area contributed by atoms with E-state index >= 15 is 0 Å². The zero-order valence-electron chi connectivity index (χ0n) is 19.9. The molecule has 3 aliphatic rings. The largest absolute Gasteiger partial charge is 0.390 e. The molecule has 3 fully saturated rings. The minimum atomic E-state index is -0.559. The average Bonchev–Trinajstić information content (AvgIpc) is 2.99. The third-order valence-electron chi connectivity index (χ3n) is 8.66. The van der Waals surface area contributed by atoms with Crippen LogP contribution in [-0.4, -0.2) is 10.7 Å². The fraction of sp³-hybridized carbons (Fsp3) is 0.786. The molecule has 3 aliphatic carbocycles. The fourth-order valence-corrected chi connectivity index (χ4v) is 6.85. The Bertz CT molecular complexity index is 649. The SMILES string of the molecule is C=C1CC[C@](C)(O)C/C1=C/C=C1CCC[C@@]2(C)C1CC[C@@H]2[C@H](C)CCCC(C)C. The molecule has 0 saturated heterocycles. The smallest absolute Gasteiger partial charge is 0.0663 e. The van der Waals surface area contributed by atoms with Gasteiger partial charge in [-0.25, -0.2) is 0 Å². The summed E-state index contributed by atoms with van der Waals surface area (Å²) in [6.07, 6.45) is 18.3. The van der Waals surface area contributed by atoms with E-state index in [1.165, 1.54) is 62.5 Å². The quantitative estimate of drug-likeness (QED) is 0.480. The molecule has 1 unspecified atom stereocenters. The van der Waals surface area contributed by atoms with Gasteiger partial charge in [0.15, 0.2) is 0 Å². The van der Waals surface area contributed by atoms with Crippen LogP contribution in [0.4, 0.5) is 0 Å². The first kappa shape index (κ1) is 22.9. The summed E-state index contributed by atoms with van der Waals surface area (Å²) < 4.78 is 0. The normalized spacial score (nSPS) is 39.3. The first-order chi connectivity index (χ1) is 13.6. The summed E-state index contributed by atoms with van der Waals surface area (Å²) in [7, 11) is 0. The van der Waals surface area contributed by atoms with Crippen molar-refractivity contribution in [3.05, 3.63) is 35.5 Å². The summed E-state index contributed by atoms with van der Waals surface area (Å²) >= 11 is 0. The standard InChI is InChI=1S/C28H46O/c1-20(2)9-7-10-22(4)25-14-15-26-23(11-8-17-28(25,26)6)12-13-24-19-27(5,29)18-16-21(24)3/h12-13,20,22,25-26,29H,3,7-11,14-19H2,1-2,4-6H3/b23-12?,24-13-/t22-,25-,26?,27+,28-/m1/s1. The lowest BCUT2D eigenvalue weighted by Gasteiger charge is -2.44. The van der Waals surface area contributed by atoms with Crippen LogP contribution < -0.4 is 0 Å². The van der Waals surface area contributed by atoms with Crippen molar-refractivity contribution in [3.8, 4) is 0 Å². The van der Waals surface area contributed by atoms with Crippen LogP contribution in [0, 0.1) is 29.1 Å². The van der Waals surface area contributed by atoms with Crippen LogP contribution in [0.2, 0.25) is 0 Å². The highest BCUT2D eigenvalue weighted by Gasteiger charge is 2.50. The highest BCUT2D eigenvalue weighted by atomic mass is 16.3. The summed E-state index contributed by atoms with van der Waals surface area (Å²) in [6, 6.07) is 0. The van der Waals surface area contributed by atoms with Crippen molar-refractivity contribution < 1.29 is 5.11 Å². The number of hydrogen-bond donors (Lipinski definition) is 1. The molecule has 0 amide bonds. The Hall–Kier alpha value is -0.820. The lowest BCUT2D eigenvalue weighted by molar-refractivity contribution is 0.0456. The van der Waals surface area contributed by atoms with Crippen molar-refractivity contribution in [2.24, 2.45) is 29.1 Å². The Morgan fingerprint density at radius 3 is 2.55 bits per heavy atom. The van der Waals surface area contributed by atoms with Gasteiger partial charge in [0.1, 0.15) is 0 Å². The summed E-state index contributed by atoms with van der Waals surface area (Å²) in [4.78, 5) is 0. The van der Waals surface area contributed by atoms with E-state index in [1.807, 2.05) is 6.92 Å². The number of aliphatic hydroxyl groups is 1. The molecule has 3 rings (SSSR count). The summed E-state index contributed by atoms with van der Waals surface area (Å²) in [5.74, 6) is 3.35. The van der Waals surface area contributed by atoms with E-state index in [4.69, 9.17) is 0 Å². The molecule has 0 aromatic heterocycles. The molecular formula is C28H46O. The summed E-state index contributed by atoms with van der Waals surface area (Å²) in [6.45, 7) is 16.1. The number of hydrogen-bond acceptors (Lipinski definition) is 1. The van der Waals surface area contributed by atoms with Gasteiger partial charge in [-0.3, -0.25) is 0 Å². The molecule has 1 N–H and O–H groups in total. The van der Waals surface area contributed by atoms with Gasteiger partial charge >= 0.3 is 0 Å². The Kier molecular flexibility index (Phi) is 7.19. The molecule has 1 nitrogen and oxygen atoms in total. The van der Waals surface area contributed by atoms with Crippen molar-refractivity contribution >= 4 is 0 Å². The van der Waals surface area contributed by atoms with E-state index in [1.54, 1.807) is 5.57 Å². The van der Waals surface area contributed by atoms with Crippen molar-refractivity contribution in [2.45, 2.75) is 111 Å². The van der Waals surface area contributed by atoms with E-state index in [0.29, 0.717) is 5.41 Å². The second-order valence-corrected chi connectivity index (χ2v) is 11.6. The van der Waals surface area contributed by atoms with Gasteiger partial charge in [0.05, 0.1) is 5.60 Å². The van der Waals surface area contributed by atoms with Crippen LogP contribution >= 0.6 is 0 Å². The first-order valence-corrected chi connectivity index (χ1v) is 12.4. The third-order valence-corrected chi connectivity index (χ3v) is 8.66. The minimum Gasteiger partial charge on any atom is -0.390 e. The van der Waals surface area contributed by atoms with Gasteiger partial charge in [-0.05, 0) is 86.5 Å². The van der Waals surface area contributed by atoms with Crippen molar-refractivity contribution in [1.29, 1.82) is 0 Å². The van der Waals surface area contributed by atoms with Gasteiger partial charge in [0.25, 0.3) is 0 Å². The Labute approximate surface area is 180 Å². The van der Waals surface area contributed by atoms with Crippen molar-refractivity contribution in [1.82, 2.24) is 0 Å². The van der Waals surface area contributed by atoms with Crippen molar-refractivity contribution in [2.75, 3.05) is 0 Å². The zero-order chi connectivity index (χ0) is 21.2. The van der Waals surface area contributed by atoms with Crippen LogP contribution in [0.3, 0.4) is 0 Å². The maximum absolute atomic E-state index is 10.5. The fourth-order valence-electron chi connectivity index (χ4n) is 6.85. The number of fused-ring (bicyclic) bond motifs is 1. The molecule has 29 heavy (non-hydrogen) atoms. The monoisotopic (exact) mass is 398 g/mol. The van der Waals surface area contributed by atoms with Gasteiger partial charge in [0, 0.05) is 6.42 Å². The molecule has 3 saturated carbocycles. The topological polar surface area (TPSA) is 20.2 Å². The molecule has 5 atom stereocenters. The maximum atomic E-state index is 10.5. The van der Waals surface area contributed by atoms with E-state index in [2.05, 4.69) is 46.4 Å². The molecule has 0 radical (unpaired) electrons. The Balaban J connectivity index is 1.71. The average molecular weight is 399 g/mol. The second kappa shape index (κ2) is 9.13. The second-order valence-electron chi connectivity index (χ2n) is 11.6. The van der Waals surface area contributed by atoms with E-state index in [0.717, 1.165) is 42.9 Å². The van der Waals surface area contributed by atoms with Crippen LogP contribution in [0.15, 0.2) is 35.5 Å². The zero-order valence-corrected chi connectivity index (χ0v) is 19.9. The third kappa shape index (κ3) is 5.27. The minimum absolute atomic E-state index is 0.495. The molecule has 0 aromatic rings. The molecule has 164 valence electrons. The van der Waals surface area contributed by atoms with E-state index in [9.17, 15) is 5.11 Å². The maximum Gasteiger partial charge on any atom is 0.0663 e. The highest BCUT2D eigenvalue weighted by molar-refractivity contribution is 5.37. The molecule has 0 spiro atoms. The molecule has 0 aliphatic heterocycles. The predicted octanol–water partition coefficient (Wildman–Crippen LogP) is 8.01. The molecular weight excluding hydrogens is 352 g/mol. The van der Waals surface area contributed by atoms with Gasteiger partial charge in [0.2, 0.25) is 0 Å². The van der Waals surface area contributed by atoms with Crippen LogP contribution in [0.5, 0.6) is 0 Å². The Morgan fingerprint density at radius 2 is 1.83 bits per heavy atom. The van der Waals surface area contributed by atoms with E-state index < -0.39 is 5.60 Å². The van der Waals surface area contributed by atoms with Gasteiger partial charge in [-0.15, -0.1) is 0 Å². The lowest BCUT2D eigenvalue weighted by atomic mass is 9.60. The molecule has 0 bridgehead atoms. The Morgan fingerprint density at radius 1 is 1.07 bits per heavy atom. The predicted molar refractivity (Wildman–Crippen MR) is 126 cm³/mol. The first-order valence-electron chi connectivity index (χ1n) is 12.4. The molecule has 0 aromatic carbocycles. The van der Waals surface area contributed by atoms with Gasteiger partial charge in [-0.2, -0.15) is 0 Å². The molecule has 1 heteroatoms. The summed E-state index contributed by atoms with van der Waals surface area (Å²) in [5.41, 5.74) is 4.12. The molecule has 0 heterocycles. The highest BCUT2D eigenvalue weighted by Crippen LogP contribution is 2.60.